The van der Waals surface area contributed by atoms with Crippen LogP contribution in [0.2, 0.25) is 0 Å². The van der Waals surface area contributed by atoms with Crippen LogP contribution in [-0.2, 0) is 14.8 Å². The first-order chi connectivity index (χ1) is 16.7. The molecular weight excluding hydrogens is 482 g/mol. The summed E-state index contributed by atoms with van der Waals surface area (Å²) in [6.07, 6.45) is 4.43. The van der Waals surface area contributed by atoms with Crippen molar-refractivity contribution in [1.29, 1.82) is 0 Å². The summed E-state index contributed by atoms with van der Waals surface area (Å²) in [6.45, 7) is 4.61. The minimum Gasteiger partial charge on any atom is -0.495 e. The molecule has 1 saturated carbocycles. The molecule has 1 aliphatic carbocycles. The summed E-state index contributed by atoms with van der Waals surface area (Å²) in [6, 6.07) is 15.7. The summed E-state index contributed by atoms with van der Waals surface area (Å²) in [5.41, 5.74) is 2.62. The van der Waals surface area contributed by atoms with E-state index in [1.54, 1.807) is 35.7 Å². The van der Waals surface area contributed by atoms with E-state index in [1.165, 1.54) is 24.6 Å². The molecule has 1 fully saturated rings. The predicted octanol–water partition coefficient (Wildman–Crippen LogP) is 6.75. The number of anilines is 2. The molecule has 35 heavy (non-hydrogen) atoms. The standard InChI is InChI=1S/C27H31NO5S2/c1-27(2)14-12-19(13-15-27)20-7-5-8-22(17-20)28(35(30,31)25-9-6-16-34-25)23-11-10-21(26(29)33-4)18-24(23)32-3/h5-11,16-19H,12-15H2,1-4H3. The highest BCUT2D eigenvalue weighted by Crippen LogP contribution is 2.45. The molecule has 6 nitrogen and oxygen atoms in total. The maximum absolute atomic E-state index is 13.9. The van der Waals surface area contributed by atoms with Crippen LogP contribution in [0.4, 0.5) is 11.4 Å². The Morgan fingerprint density at radius 2 is 1.77 bits per heavy atom. The molecule has 0 saturated heterocycles. The normalized spacial score (nSPS) is 16.0. The fourth-order valence-electron chi connectivity index (χ4n) is 4.64. The zero-order valence-corrected chi connectivity index (χ0v) is 22.1. The lowest BCUT2D eigenvalue weighted by molar-refractivity contribution is 0.0600. The van der Waals surface area contributed by atoms with Crippen LogP contribution < -0.4 is 9.04 Å². The van der Waals surface area contributed by atoms with Crippen LogP contribution in [0.3, 0.4) is 0 Å². The van der Waals surface area contributed by atoms with Gasteiger partial charge in [-0.15, -0.1) is 11.3 Å². The zero-order valence-electron chi connectivity index (χ0n) is 20.5. The van der Waals surface area contributed by atoms with Crippen molar-refractivity contribution in [3.63, 3.8) is 0 Å². The van der Waals surface area contributed by atoms with Gasteiger partial charge in [-0.2, -0.15) is 8.42 Å². The summed E-state index contributed by atoms with van der Waals surface area (Å²) >= 11 is 1.16. The van der Waals surface area contributed by atoms with Crippen LogP contribution in [0.5, 0.6) is 5.75 Å². The zero-order chi connectivity index (χ0) is 25.2. The van der Waals surface area contributed by atoms with E-state index in [0.29, 0.717) is 22.7 Å². The SMILES string of the molecule is COC(=O)c1ccc(N(c2cccc(C3CCC(C)(C)CC3)c2)S(=O)(=O)c2cccs2)c(OC)c1. The first kappa shape index (κ1) is 25.3. The van der Waals surface area contributed by atoms with Gasteiger partial charge in [-0.1, -0.05) is 32.0 Å². The Hall–Kier alpha value is -2.84. The third kappa shape index (κ3) is 5.23. The molecule has 0 aliphatic heterocycles. The molecule has 186 valence electrons. The number of hydrogen-bond donors (Lipinski definition) is 0. The van der Waals surface area contributed by atoms with Gasteiger partial charge in [0, 0.05) is 0 Å². The molecule has 0 amide bonds. The predicted molar refractivity (Wildman–Crippen MR) is 139 cm³/mol. The average molecular weight is 514 g/mol. The first-order valence-electron chi connectivity index (χ1n) is 11.6. The van der Waals surface area contributed by atoms with E-state index < -0.39 is 16.0 Å². The van der Waals surface area contributed by atoms with E-state index in [-0.39, 0.29) is 15.5 Å². The number of benzene rings is 2. The third-order valence-electron chi connectivity index (χ3n) is 6.72. The van der Waals surface area contributed by atoms with Gasteiger partial charge in [0.15, 0.2) is 0 Å². The third-order valence-corrected chi connectivity index (χ3v) is 9.84. The summed E-state index contributed by atoms with van der Waals surface area (Å²) in [7, 11) is -1.19. The number of nitrogens with zero attached hydrogens (tertiary/aromatic N) is 1. The van der Waals surface area contributed by atoms with Crippen LogP contribution in [0.15, 0.2) is 64.2 Å². The second kappa shape index (κ2) is 10.0. The quantitative estimate of drug-likeness (QED) is 0.327. The molecule has 1 aliphatic rings. The molecule has 0 spiro atoms. The number of thiophene rings is 1. The van der Waals surface area contributed by atoms with Crippen molar-refractivity contribution in [1.82, 2.24) is 0 Å². The van der Waals surface area contributed by atoms with E-state index in [2.05, 4.69) is 19.9 Å². The van der Waals surface area contributed by atoms with Gasteiger partial charge in [-0.25, -0.2) is 9.10 Å². The van der Waals surface area contributed by atoms with E-state index in [1.807, 2.05) is 12.1 Å². The van der Waals surface area contributed by atoms with Crippen molar-refractivity contribution in [3.8, 4) is 5.75 Å². The highest BCUT2D eigenvalue weighted by Gasteiger charge is 2.32. The van der Waals surface area contributed by atoms with Crippen molar-refractivity contribution in [2.75, 3.05) is 18.5 Å². The van der Waals surface area contributed by atoms with Crippen LogP contribution in [-0.4, -0.2) is 28.6 Å². The molecule has 0 N–H and O–H groups in total. The van der Waals surface area contributed by atoms with Gasteiger partial charge in [-0.3, -0.25) is 0 Å². The Balaban J connectivity index is 1.83. The largest absolute Gasteiger partial charge is 0.495 e. The number of carbonyl (C=O) groups is 1. The number of esters is 1. The van der Waals surface area contributed by atoms with Crippen LogP contribution in [0.25, 0.3) is 0 Å². The van der Waals surface area contributed by atoms with Gasteiger partial charge >= 0.3 is 5.97 Å². The monoisotopic (exact) mass is 513 g/mol. The number of rotatable bonds is 7. The number of carbonyl (C=O) groups excluding carboxylic acids is 1. The molecule has 8 heteroatoms. The highest BCUT2D eigenvalue weighted by molar-refractivity contribution is 7.95. The van der Waals surface area contributed by atoms with Gasteiger partial charge in [0.1, 0.15) is 9.96 Å². The number of sulfonamides is 1. The van der Waals surface area contributed by atoms with Crippen molar-refractivity contribution in [2.45, 2.75) is 49.7 Å². The maximum Gasteiger partial charge on any atom is 0.337 e. The molecule has 2 aromatic carbocycles. The van der Waals surface area contributed by atoms with Crippen molar-refractivity contribution in [3.05, 3.63) is 71.1 Å². The lowest BCUT2D eigenvalue weighted by Crippen LogP contribution is -2.26. The van der Waals surface area contributed by atoms with Gasteiger partial charge < -0.3 is 9.47 Å². The first-order valence-corrected chi connectivity index (χ1v) is 13.9. The molecule has 3 aromatic rings. The molecule has 1 aromatic heterocycles. The molecule has 0 unspecified atom stereocenters. The van der Waals surface area contributed by atoms with E-state index in [4.69, 9.17) is 9.47 Å². The minimum absolute atomic E-state index is 0.224. The number of hydrogen-bond acceptors (Lipinski definition) is 6. The lowest BCUT2D eigenvalue weighted by Gasteiger charge is -2.35. The fraction of sp³-hybridized carbons (Fsp3) is 0.370. The summed E-state index contributed by atoms with van der Waals surface area (Å²) < 4.78 is 39.7. The average Bonchev–Trinajstić information content (AvgIpc) is 3.40. The summed E-state index contributed by atoms with van der Waals surface area (Å²) in [5, 5.41) is 1.74. The summed E-state index contributed by atoms with van der Waals surface area (Å²) in [4.78, 5) is 12.1. The Bertz CT molecular complexity index is 1290. The fourth-order valence-corrected chi connectivity index (χ4v) is 7.19. The minimum atomic E-state index is -3.95. The van der Waals surface area contributed by atoms with E-state index >= 15 is 0 Å². The van der Waals surface area contributed by atoms with Crippen LogP contribution >= 0.6 is 11.3 Å². The van der Waals surface area contributed by atoms with E-state index in [9.17, 15) is 13.2 Å². The topological polar surface area (TPSA) is 72.9 Å². The van der Waals surface area contributed by atoms with Crippen molar-refractivity contribution >= 4 is 38.7 Å². The van der Waals surface area contributed by atoms with Gasteiger partial charge in [0.2, 0.25) is 0 Å². The Morgan fingerprint density at radius 3 is 2.40 bits per heavy atom. The van der Waals surface area contributed by atoms with E-state index in [0.717, 1.165) is 42.6 Å². The van der Waals surface area contributed by atoms with Crippen molar-refractivity contribution < 1.29 is 22.7 Å². The Labute approximate surface area is 211 Å². The highest BCUT2D eigenvalue weighted by atomic mass is 32.2. The van der Waals surface area contributed by atoms with Gasteiger partial charge in [0.05, 0.1) is 31.2 Å². The second-order valence-electron chi connectivity index (χ2n) is 9.61. The summed E-state index contributed by atoms with van der Waals surface area (Å²) in [5.74, 6) is 0.125. The molecular formula is C27H31NO5S2. The van der Waals surface area contributed by atoms with Gasteiger partial charge in [0.25, 0.3) is 10.0 Å². The Kier molecular flexibility index (Phi) is 7.24. The lowest BCUT2D eigenvalue weighted by atomic mass is 9.71. The van der Waals surface area contributed by atoms with Crippen LogP contribution in [0, 0.1) is 5.41 Å². The second-order valence-corrected chi connectivity index (χ2v) is 12.6. The molecule has 0 radical (unpaired) electrons. The van der Waals surface area contributed by atoms with Crippen LogP contribution in [0.1, 0.15) is 61.4 Å². The van der Waals surface area contributed by atoms with Gasteiger partial charge in [-0.05, 0) is 84.4 Å². The maximum atomic E-state index is 13.9. The number of methoxy groups -OCH3 is 2. The smallest absolute Gasteiger partial charge is 0.337 e. The van der Waals surface area contributed by atoms with Crippen molar-refractivity contribution in [2.24, 2.45) is 5.41 Å². The molecule has 4 rings (SSSR count). The number of ether oxygens (including phenoxy) is 2. The Morgan fingerprint density at radius 1 is 1.03 bits per heavy atom. The molecule has 1 heterocycles. The molecule has 0 atom stereocenters. The molecule has 0 bridgehead atoms.